The van der Waals surface area contributed by atoms with Crippen LogP contribution in [0.3, 0.4) is 0 Å². The Morgan fingerprint density at radius 2 is 1.96 bits per heavy atom. The van der Waals surface area contributed by atoms with E-state index in [-0.39, 0.29) is 23.3 Å². The lowest BCUT2D eigenvalue weighted by atomic mass is 9.82. The van der Waals surface area contributed by atoms with Crippen molar-refractivity contribution in [2.45, 2.75) is 65.7 Å². The normalized spacial score (nSPS) is 20.6. The van der Waals surface area contributed by atoms with Crippen molar-refractivity contribution in [2.75, 3.05) is 0 Å². The summed E-state index contributed by atoms with van der Waals surface area (Å²) in [5.74, 6) is 0.772. The van der Waals surface area contributed by atoms with Gasteiger partial charge in [-0.15, -0.1) is 0 Å². The van der Waals surface area contributed by atoms with E-state index in [1.165, 1.54) is 18.4 Å². The molecule has 2 atom stereocenters. The van der Waals surface area contributed by atoms with Gasteiger partial charge in [-0.05, 0) is 63.1 Å². The molecular formula is C21H30O2. The summed E-state index contributed by atoms with van der Waals surface area (Å²) >= 11 is 0. The van der Waals surface area contributed by atoms with Crippen LogP contribution in [0.4, 0.5) is 0 Å². The molecule has 1 aromatic carbocycles. The Balaban J connectivity index is 2.40. The third-order valence-corrected chi connectivity index (χ3v) is 5.13. The third kappa shape index (κ3) is 3.63. The SMILES string of the molecule is C=C(C)[C@@H]1CC(C)=C[C@H]1c1c(O)cc(CCCCC)c(C)c1O. The monoisotopic (exact) mass is 314 g/mol. The van der Waals surface area contributed by atoms with Gasteiger partial charge in [0.25, 0.3) is 0 Å². The molecule has 0 bridgehead atoms. The molecular weight excluding hydrogens is 284 g/mol. The number of phenolic OH excluding ortho intramolecular Hbond substituents is 2. The first-order chi connectivity index (χ1) is 10.9. The van der Waals surface area contributed by atoms with Gasteiger partial charge in [-0.25, -0.2) is 0 Å². The fourth-order valence-electron chi connectivity index (χ4n) is 3.71. The van der Waals surface area contributed by atoms with Crippen LogP contribution in [-0.4, -0.2) is 10.2 Å². The predicted molar refractivity (Wildman–Crippen MR) is 97.2 cm³/mol. The van der Waals surface area contributed by atoms with E-state index in [1.54, 1.807) is 0 Å². The van der Waals surface area contributed by atoms with Crippen LogP contribution in [0.25, 0.3) is 0 Å². The number of aromatic hydroxyl groups is 2. The molecule has 1 aliphatic carbocycles. The van der Waals surface area contributed by atoms with Crippen molar-refractivity contribution in [1.29, 1.82) is 0 Å². The van der Waals surface area contributed by atoms with E-state index in [0.29, 0.717) is 5.56 Å². The minimum Gasteiger partial charge on any atom is -0.507 e. The van der Waals surface area contributed by atoms with Gasteiger partial charge in [0.2, 0.25) is 0 Å². The number of rotatable bonds is 6. The van der Waals surface area contributed by atoms with Crippen molar-refractivity contribution in [1.82, 2.24) is 0 Å². The summed E-state index contributed by atoms with van der Waals surface area (Å²) < 4.78 is 0. The highest BCUT2D eigenvalue weighted by Gasteiger charge is 2.32. The average Bonchev–Trinajstić information content (AvgIpc) is 2.86. The molecule has 2 heteroatoms. The first kappa shape index (κ1) is 17.7. The topological polar surface area (TPSA) is 40.5 Å². The lowest BCUT2D eigenvalue weighted by Crippen LogP contribution is -2.09. The highest BCUT2D eigenvalue weighted by atomic mass is 16.3. The van der Waals surface area contributed by atoms with Crippen molar-refractivity contribution in [3.05, 3.63) is 46.6 Å². The van der Waals surface area contributed by atoms with Gasteiger partial charge in [0.1, 0.15) is 11.5 Å². The molecule has 23 heavy (non-hydrogen) atoms. The van der Waals surface area contributed by atoms with Gasteiger partial charge in [0.05, 0.1) is 0 Å². The van der Waals surface area contributed by atoms with Crippen LogP contribution in [0.15, 0.2) is 29.9 Å². The molecule has 2 nitrogen and oxygen atoms in total. The number of aryl methyl sites for hydroxylation is 1. The van der Waals surface area contributed by atoms with Gasteiger partial charge in [-0.1, -0.05) is 43.6 Å². The number of unbranched alkanes of at least 4 members (excludes halogenated alkanes) is 2. The van der Waals surface area contributed by atoms with Crippen LogP contribution in [-0.2, 0) is 6.42 Å². The van der Waals surface area contributed by atoms with Gasteiger partial charge in [-0.3, -0.25) is 0 Å². The maximum Gasteiger partial charge on any atom is 0.126 e. The van der Waals surface area contributed by atoms with Gasteiger partial charge >= 0.3 is 0 Å². The number of hydrogen-bond acceptors (Lipinski definition) is 2. The van der Waals surface area contributed by atoms with Crippen LogP contribution in [0, 0.1) is 12.8 Å². The van der Waals surface area contributed by atoms with Crippen LogP contribution < -0.4 is 0 Å². The van der Waals surface area contributed by atoms with Crippen molar-refractivity contribution >= 4 is 0 Å². The average molecular weight is 314 g/mol. The van der Waals surface area contributed by atoms with Crippen LogP contribution in [0.1, 0.15) is 69.1 Å². The Labute approximate surface area is 140 Å². The van der Waals surface area contributed by atoms with Crippen LogP contribution in [0.5, 0.6) is 11.5 Å². The van der Waals surface area contributed by atoms with E-state index < -0.39 is 0 Å². The molecule has 0 aliphatic heterocycles. The smallest absolute Gasteiger partial charge is 0.126 e. The maximum atomic E-state index is 10.7. The molecule has 1 aromatic rings. The Morgan fingerprint density at radius 1 is 1.26 bits per heavy atom. The zero-order valence-electron chi connectivity index (χ0n) is 14.9. The molecule has 0 heterocycles. The highest BCUT2D eigenvalue weighted by molar-refractivity contribution is 5.56. The molecule has 0 saturated heterocycles. The molecule has 2 N–H and O–H groups in total. The molecule has 0 saturated carbocycles. The Morgan fingerprint density at radius 3 is 2.57 bits per heavy atom. The summed E-state index contributed by atoms with van der Waals surface area (Å²) in [4.78, 5) is 0. The zero-order chi connectivity index (χ0) is 17.1. The molecule has 0 radical (unpaired) electrons. The molecule has 0 spiro atoms. The minimum atomic E-state index is 0.0240. The van der Waals surface area contributed by atoms with E-state index >= 15 is 0 Å². The maximum absolute atomic E-state index is 10.7. The number of phenols is 2. The second kappa shape index (κ2) is 7.25. The summed E-state index contributed by atoms with van der Waals surface area (Å²) in [6.07, 6.45) is 7.46. The molecule has 1 aliphatic rings. The minimum absolute atomic E-state index is 0.0240. The number of benzene rings is 1. The second-order valence-corrected chi connectivity index (χ2v) is 7.09. The number of allylic oxidation sites excluding steroid dienone is 3. The molecule has 0 fully saturated rings. The quantitative estimate of drug-likeness (QED) is 0.517. The first-order valence-corrected chi connectivity index (χ1v) is 8.73. The second-order valence-electron chi connectivity index (χ2n) is 7.09. The molecule has 0 unspecified atom stereocenters. The molecule has 0 amide bonds. The Kier molecular flexibility index (Phi) is 5.56. The standard InChI is InChI=1S/C21H30O2/c1-6-7-8-9-16-12-19(22)20(21(23)15(16)5)18-11-14(4)10-17(18)13(2)3/h11-12,17-18,22-23H,2,6-10H2,1,3-5H3/t17-,18+/m0/s1. The van der Waals surface area contributed by atoms with E-state index in [4.69, 9.17) is 0 Å². The summed E-state index contributed by atoms with van der Waals surface area (Å²) in [6, 6.07) is 1.86. The van der Waals surface area contributed by atoms with Crippen molar-refractivity contribution in [3.63, 3.8) is 0 Å². The lowest BCUT2D eigenvalue weighted by molar-refractivity contribution is 0.420. The highest BCUT2D eigenvalue weighted by Crippen LogP contribution is 2.49. The predicted octanol–water partition coefficient (Wildman–Crippen LogP) is 5.76. The molecule has 126 valence electrons. The fraction of sp³-hybridized carbons (Fsp3) is 0.524. The van der Waals surface area contributed by atoms with E-state index in [9.17, 15) is 10.2 Å². The summed E-state index contributed by atoms with van der Waals surface area (Å²) in [7, 11) is 0. The van der Waals surface area contributed by atoms with Gasteiger partial charge in [0.15, 0.2) is 0 Å². The number of hydrogen-bond donors (Lipinski definition) is 2. The van der Waals surface area contributed by atoms with E-state index in [2.05, 4.69) is 26.5 Å². The van der Waals surface area contributed by atoms with Gasteiger partial charge in [0, 0.05) is 11.5 Å². The van der Waals surface area contributed by atoms with E-state index in [1.807, 2.05) is 19.9 Å². The van der Waals surface area contributed by atoms with Crippen molar-refractivity contribution in [3.8, 4) is 11.5 Å². The third-order valence-electron chi connectivity index (χ3n) is 5.13. The summed E-state index contributed by atoms with van der Waals surface area (Å²) in [6.45, 7) is 12.4. The largest absolute Gasteiger partial charge is 0.507 e. The first-order valence-electron chi connectivity index (χ1n) is 8.73. The lowest BCUT2D eigenvalue weighted by Gasteiger charge is -2.23. The summed E-state index contributed by atoms with van der Waals surface area (Å²) in [5.41, 5.74) is 5.04. The fourth-order valence-corrected chi connectivity index (χ4v) is 3.71. The van der Waals surface area contributed by atoms with Crippen molar-refractivity contribution < 1.29 is 10.2 Å². The molecule has 0 aromatic heterocycles. The van der Waals surface area contributed by atoms with Crippen LogP contribution in [0.2, 0.25) is 0 Å². The Hall–Kier alpha value is -1.70. The summed E-state index contributed by atoms with van der Waals surface area (Å²) in [5, 5.41) is 21.3. The zero-order valence-corrected chi connectivity index (χ0v) is 14.9. The molecule has 2 rings (SSSR count). The van der Waals surface area contributed by atoms with Crippen LogP contribution >= 0.6 is 0 Å². The van der Waals surface area contributed by atoms with Gasteiger partial charge in [-0.2, -0.15) is 0 Å². The Bertz CT molecular complexity index is 625. The van der Waals surface area contributed by atoms with E-state index in [0.717, 1.165) is 36.0 Å². The van der Waals surface area contributed by atoms with Gasteiger partial charge < -0.3 is 10.2 Å². The van der Waals surface area contributed by atoms with Crippen molar-refractivity contribution in [2.24, 2.45) is 5.92 Å².